The van der Waals surface area contributed by atoms with Crippen molar-refractivity contribution >= 4 is 39.2 Å². The Balaban J connectivity index is 2.98. The van der Waals surface area contributed by atoms with Gasteiger partial charge in [0, 0.05) is 11.3 Å². The number of nitrogens with zero attached hydrogens (tertiary/aromatic N) is 1. The predicted octanol–water partition coefficient (Wildman–Crippen LogP) is 1.02. The van der Waals surface area contributed by atoms with Crippen molar-refractivity contribution in [3.05, 3.63) is 10.9 Å². The zero-order valence-electron chi connectivity index (χ0n) is 6.76. The van der Waals surface area contributed by atoms with Gasteiger partial charge in [0.05, 0.1) is 7.11 Å². The van der Waals surface area contributed by atoms with E-state index in [-0.39, 0.29) is 5.03 Å². The maximum absolute atomic E-state index is 11.1. The molecule has 0 amide bonds. The van der Waals surface area contributed by atoms with E-state index in [9.17, 15) is 8.42 Å². The molecule has 72 valence electrons. The van der Waals surface area contributed by atoms with Crippen molar-refractivity contribution in [2.45, 2.75) is 11.4 Å². The van der Waals surface area contributed by atoms with Crippen molar-refractivity contribution in [1.29, 1.82) is 0 Å². The van der Waals surface area contributed by atoms with E-state index in [2.05, 4.69) is 20.8 Å². The third kappa shape index (κ3) is 2.53. The fraction of sp³-hybridized carbons (Fsp3) is 0.333. The first-order chi connectivity index (χ1) is 6.10. The molecule has 0 aromatic carbocycles. The first kappa shape index (κ1) is 10.7. The Kier molecular flexibility index (Phi) is 3.48. The second-order valence-corrected chi connectivity index (χ2v) is 5.01. The topological polar surface area (TPSA) is 56.3 Å². The lowest BCUT2D eigenvalue weighted by molar-refractivity contribution is 0.396. The summed E-state index contributed by atoms with van der Waals surface area (Å²) in [7, 11) is -2.54. The van der Waals surface area contributed by atoms with E-state index in [1.54, 1.807) is 0 Å². The molecular weight excluding hydrogens is 230 g/mol. The molecule has 0 aliphatic heterocycles. The monoisotopic (exact) mass is 237 g/mol. The van der Waals surface area contributed by atoms with Crippen molar-refractivity contribution < 1.29 is 12.6 Å². The van der Waals surface area contributed by atoms with Gasteiger partial charge in [-0.3, -0.25) is 4.18 Å². The Morgan fingerprint density at radius 1 is 1.77 bits per heavy atom. The Bertz CT molecular complexity index is 395. The normalized spacial score (nSPS) is 11.5. The molecule has 0 spiro atoms. The van der Waals surface area contributed by atoms with Crippen LogP contribution in [0.5, 0.6) is 0 Å². The molecule has 0 atom stereocenters. The van der Waals surface area contributed by atoms with Crippen molar-refractivity contribution in [2.24, 2.45) is 0 Å². The van der Waals surface area contributed by atoms with Crippen LogP contribution in [0, 0.1) is 0 Å². The summed E-state index contributed by atoms with van der Waals surface area (Å²) in [6, 6.07) is 1.46. The van der Waals surface area contributed by atoms with E-state index in [4.69, 9.17) is 0 Å². The molecule has 0 unspecified atom stereocenters. The molecule has 7 heteroatoms. The second-order valence-electron chi connectivity index (χ2n) is 2.12. The molecular formula is C6H7NO3S3. The molecule has 0 fully saturated rings. The number of hydrogen-bond donors (Lipinski definition) is 0. The molecule has 4 nitrogen and oxygen atoms in total. The van der Waals surface area contributed by atoms with E-state index in [0.29, 0.717) is 6.42 Å². The molecule has 1 aromatic heterocycles. The van der Waals surface area contributed by atoms with Crippen LogP contribution in [-0.2, 0) is 20.7 Å². The molecule has 0 aliphatic carbocycles. The highest BCUT2D eigenvalue weighted by molar-refractivity contribution is 7.86. The summed E-state index contributed by atoms with van der Waals surface area (Å²) in [5.41, 5.74) is 0. The number of thiocarbonyl (C=S) groups is 1. The van der Waals surface area contributed by atoms with Gasteiger partial charge < -0.3 is 0 Å². The van der Waals surface area contributed by atoms with Gasteiger partial charge in [0.2, 0.25) is 0 Å². The van der Waals surface area contributed by atoms with E-state index in [0.717, 1.165) is 23.5 Å². The maximum Gasteiger partial charge on any atom is 0.315 e. The van der Waals surface area contributed by atoms with E-state index in [1.165, 1.54) is 11.4 Å². The summed E-state index contributed by atoms with van der Waals surface area (Å²) >= 11 is 5.75. The van der Waals surface area contributed by atoms with Crippen molar-refractivity contribution in [1.82, 2.24) is 4.37 Å². The lowest BCUT2D eigenvalue weighted by Crippen LogP contribution is -2.02. The third-order valence-electron chi connectivity index (χ3n) is 1.30. The molecule has 0 saturated heterocycles. The lowest BCUT2D eigenvalue weighted by Gasteiger charge is -1.93. The highest BCUT2D eigenvalue weighted by atomic mass is 32.2. The van der Waals surface area contributed by atoms with Crippen LogP contribution in [0.4, 0.5) is 0 Å². The van der Waals surface area contributed by atoms with Gasteiger partial charge in [-0.25, -0.2) is 0 Å². The molecule has 1 heterocycles. The van der Waals surface area contributed by atoms with Gasteiger partial charge in [-0.2, -0.15) is 12.8 Å². The SMILES string of the molecule is COS(=O)(=O)c1cc(CC=S)sn1. The van der Waals surface area contributed by atoms with Gasteiger partial charge in [-0.15, -0.1) is 0 Å². The predicted molar refractivity (Wildman–Crippen MR) is 53.7 cm³/mol. The van der Waals surface area contributed by atoms with Gasteiger partial charge in [-0.1, -0.05) is 12.2 Å². The second kappa shape index (κ2) is 4.23. The molecule has 13 heavy (non-hydrogen) atoms. The van der Waals surface area contributed by atoms with Crippen LogP contribution in [0.3, 0.4) is 0 Å². The Hall–Kier alpha value is -0.370. The largest absolute Gasteiger partial charge is 0.315 e. The highest BCUT2D eigenvalue weighted by Crippen LogP contribution is 2.16. The minimum atomic E-state index is -3.64. The molecule has 1 aromatic rings. The average Bonchev–Trinajstić information content (AvgIpc) is 2.54. The molecule has 0 saturated carbocycles. The smallest absolute Gasteiger partial charge is 0.269 e. The lowest BCUT2D eigenvalue weighted by atomic mass is 10.4. The van der Waals surface area contributed by atoms with Gasteiger partial charge >= 0.3 is 10.1 Å². The van der Waals surface area contributed by atoms with Crippen LogP contribution in [0.2, 0.25) is 0 Å². The first-order valence-corrected chi connectivity index (χ1v) is 5.95. The summed E-state index contributed by atoms with van der Waals surface area (Å²) in [5, 5.41) is 1.48. The van der Waals surface area contributed by atoms with Crippen LogP contribution in [-0.4, -0.2) is 25.3 Å². The van der Waals surface area contributed by atoms with Crippen molar-refractivity contribution in [3.8, 4) is 0 Å². The zero-order valence-corrected chi connectivity index (χ0v) is 9.21. The Labute approximate surface area is 85.8 Å². The van der Waals surface area contributed by atoms with Gasteiger partial charge in [-0.05, 0) is 23.0 Å². The van der Waals surface area contributed by atoms with E-state index >= 15 is 0 Å². The molecule has 0 aliphatic rings. The fourth-order valence-electron chi connectivity index (χ4n) is 0.676. The van der Waals surface area contributed by atoms with Gasteiger partial charge in [0.1, 0.15) is 0 Å². The average molecular weight is 237 g/mol. The van der Waals surface area contributed by atoms with Crippen LogP contribution < -0.4 is 0 Å². The van der Waals surface area contributed by atoms with Crippen molar-refractivity contribution in [3.63, 3.8) is 0 Å². The summed E-state index contributed by atoms with van der Waals surface area (Å²) in [6.07, 6.45) is 0.548. The summed E-state index contributed by atoms with van der Waals surface area (Å²) in [6.45, 7) is 0. The first-order valence-electron chi connectivity index (χ1n) is 3.30. The van der Waals surface area contributed by atoms with Crippen LogP contribution in [0.1, 0.15) is 4.88 Å². The van der Waals surface area contributed by atoms with Crippen LogP contribution >= 0.6 is 23.8 Å². The molecule has 1 rings (SSSR count). The third-order valence-corrected chi connectivity index (χ3v) is 3.55. The fourth-order valence-corrected chi connectivity index (χ4v) is 2.55. The number of rotatable bonds is 4. The van der Waals surface area contributed by atoms with Gasteiger partial charge in [0.15, 0.2) is 5.03 Å². The van der Waals surface area contributed by atoms with Gasteiger partial charge in [0.25, 0.3) is 0 Å². The summed E-state index contributed by atoms with van der Waals surface area (Å²) in [5.74, 6) is 0. The molecule has 0 N–H and O–H groups in total. The van der Waals surface area contributed by atoms with Crippen molar-refractivity contribution in [2.75, 3.05) is 7.11 Å². The maximum atomic E-state index is 11.1. The van der Waals surface area contributed by atoms with Crippen LogP contribution in [0.15, 0.2) is 11.1 Å². The summed E-state index contributed by atoms with van der Waals surface area (Å²) in [4.78, 5) is 0.811. The standard InChI is InChI=1S/C6H7NO3S3/c1-10-13(8,9)6-4-5(2-3-11)12-7-6/h3-4H,2H2,1H3. The minimum absolute atomic E-state index is 0.0492. The Morgan fingerprint density at radius 2 is 2.46 bits per heavy atom. The highest BCUT2D eigenvalue weighted by Gasteiger charge is 2.16. The molecule has 0 radical (unpaired) electrons. The van der Waals surface area contributed by atoms with Crippen LogP contribution in [0.25, 0.3) is 0 Å². The number of aromatic nitrogens is 1. The minimum Gasteiger partial charge on any atom is -0.269 e. The number of hydrogen-bond acceptors (Lipinski definition) is 6. The Morgan fingerprint density at radius 3 is 3.00 bits per heavy atom. The molecule has 0 bridgehead atoms. The zero-order chi connectivity index (χ0) is 9.90. The van der Waals surface area contributed by atoms with E-state index < -0.39 is 10.1 Å². The van der Waals surface area contributed by atoms with E-state index in [1.807, 2.05) is 0 Å². The quantitative estimate of drug-likeness (QED) is 0.578. The summed E-state index contributed by atoms with van der Waals surface area (Å²) < 4.78 is 30.2.